The van der Waals surface area contributed by atoms with E-state index in [1.165, 1.54) is 12.1 Å². The maximum atomic E-state index is 13.5. The van der Waals surface area contributed by atoms with Crippen molar-refractivity contribution in [2.24, 2.45) is 0 Å². The largest absolute Gasteiger partial charge is 0.381 e. The highest BCUT2D eigenvalue weighted by molar-refractivity contribution is 5.73. The van der Waals surface area contributed by atoms with Crippen LogP contribution in [0, 0.1) is 11.6 Å². The standard InChI is InChI=1S/C22H19F2N5O2/c23-15-8-14(9-16(24)10-15)19-2-1-13(11-25-19)7-20-27-21-18(22(30)28-20)12-26-29(21)17-3-5-31-6-4-17/h1-2,8-12,17H,3-7H2,(H,27,28,30). The van der Waals surface area contributed by atoms with Gasteiger partial charge < -0.3 is 9.72 Å². The van der Waals surface area contributed by atoms with Gasteiger partial charge in [0.25, 0.3) is 5.56 Å². The van der Waals surface area contributed by atoms with Gasteiger partial charge in [-0.3, -0.25) is 9.78 Å². The topological polar surface area (TPSA) is 85.7 Å². The monoisotopic (exact) mass is 423 g/mol. The predicted octanol–water partition coefficient (Wildman–Crippen LogP) is 3.40. The number of halogens is 2. The van der Waals surface area contributed by atoms with E-state index in [9.17, 15) is 13.6 Å². The van der Waals surface area contributed by atoms with Crippen LogP contribution in [0.5, 0.6) is 0 Å². The van der Waals surface area contributed by atoms with E-state index in [-0.39, 0.29) is 11.6 Å². The minimum Gasteiger partial charge on any atom is -0.381 e. The van der Waals surface area contributed by atoms with Gasteiger partial charge in [0, 0.05) is 37.5 Å². The van der Waals surface area contributed by atoms with Gasteiger partial charge in [0.15, 0.2) is 5.65 Å². The van der Waals surface area contributed by atoms with Crippen LogP contribution in [0.1, 0.15) is 30.3 Å². The number of pyridine rings is 1. The minimum absolute atomic E-state index is 0.154. The normalized spacial score (nSPS) is 14.9. The van der Waals surface area contributed by atoms with Crippen molar-refractivity contribution in [2.75, 3.05) is 13.2 Å². The molecule has 31 heavy (non-hydrogen) atoms. The fourth-order valence-corrected chi connectivity index (χ4v) is 3.86. The molecule has 0 spiro atoms. The first-order valence-electron chi connectivity index (χ1n) is 10.0. The highest BCUT2D eigenvalue weighted by Gasteiger charge is 2.20. The van der Waals surface area contributed by atoms with Gasteiger partial charge in [0.05, 0.1) is 17.9 Å². The Morgan fingerprint density at radius 1 is 1.10 bits per heavy atom. The van der Waals surface area contributed by atoms with Gasteiger partial charge in [0.2, 0.25) is 0 Å². The Morgan fingerprint density at radius 2 is 1.87 bits per heavy atom. The molecule has 0 unspecified atom stereocenters. The van der Waals surface area contributed by atoms with E-state index in [1.54, 1.807) is 24.5 Å². The Bertz CT molecular complexity index is 1270. The Balaban J connectivity index is 1.43. The molecule has 0 bridgehead atoms. The van der Waals surface area contributed by atoms with Gasteiger partial charge in [-0.25, -0.2) is 18.4 Å². The van der Waals surface area contributed by atoms with Crippen LogP contribution in [-0.4, -0.2) is 37.9 Å². The van der Waals surface area contributed by atoms with E-state index < -0.39 is 11.6 Å². The molecule has 5 rings (SSSR count). The number of rotatable bonds is 4. The molecular formula is C22H19F2N5O2. The van der Waals surface area contributed by atoms with Crippen molar-refractivity contribution in [1.82, 2.24) is 24.7 Å². The number of fused-ring (bicyclic) bond motifs is 1. The summed E-state index contributed by atoms with van der Waals surface area (Å²) in [5.74, 6) is -0.813. The fraction of sp³-hybridized carbons (Fsp3) is 0.273. The summed E-state index contributed by atoms with van der Waals surface area (Å²) in [6.07, 6.45) is 5.17. The number of hydrogen-bond acceptors (Lipinski definition) is 5. The Hall–Kier alpha value is -3.46. The van der Waals surface area contributed by atoms with E-state index in [4.69, 9.17) is 4.74 Å². The van der Waals surface area contributed by atoms with E-state index in [0.29, 0.717) is 47.7 Å². The first-order valence-corrected chi connectivity index (χ1v) is 10.0. The van der Waals surface area contributed by atoms with E-state index in [2.05, 4.69) is 20.1 Å². The molecule has 9 heteroatoms. The second-order valence-electron chi connectivity index (χ2n) is 7.57. The van der Waals surface area contributed by atoms with E-state index >= 15 is 0 Å². The number of benzene rings is 1. The van der Waals surface area contributed by atoms with Crippen LogP contribution < -0.4 is 5.56 Å². The van der Waals surface area contributed by atoms with Crippen molar-refractivity contribution in [3.8, 4) is 11.3 Å². The number of ether oxygens (including phenoxy) is 1. The zero-order valence-electron chi connectivity index (χ0n) is 16.5. The SMILES string of the molecule is O=c1[nH]c(Cc2ccc(-c3cc(F)cc(F)c3)nc2)nc2c1cnn2C1CCOCC1. The third-order valence-electron chi connectivity index (χ3n) is 5.40. The van der Waals surface area contributed by atoms with Crippen LogP contribution >= 0.6 is 0 Å². The molecule has 1 aliphatic heterocycles. The van der Waals surface area contributed by atoms with Crippen LogP contribution in [-0.2, 0) is 11.2 Å². The van der Waals surface area contributed by atoms with Crippen molar-refractivity contribution >= 4 is 11.0 Å². The lowest BCUT2D eigenvalue weighted by Gasteiger charge is -2.22. The van der Waals surface area contributed by atoms with Gasteiger partial charge >= 0.3 is 0 Å². The highest BCUT2D eigenvalue weighted by Crippen LogP contribution is 2.24. The minimum atomic E-state index is -0.655. The van der Waals surface area contributed by atoms with E-state index in [0.717, 1.165) is 24.5 Å². The number of H-pyrrole nitrogens is 1. The van der Waals surface area contributed by atoms with Crippen molar-refractivity contribution in [1.29, 1.82) is 0 Å². The first kappa shape index (κ1) is 19.5. The molecule has 1 N–H and O–H groups in total. The second kappa shape index (κ2) is 7.99. The van der Waals surface area contributed by atoms with E-state index in [1.807, 2.05) is 4.68 Å². The smallest absolute Gasteiger partial charge is 0.262 e. The van der Waals surface area contributed by atoms with Crippen LogP contribution in [0.2, 0.25) is 0 Å². The van der Waals surface area contributed by atoms with Crippen molar-refractivity contribution in [3.63, 3.8) is 0 Å². The molecular weight excluding hydrogens is 404 g/mol. The summed E-state index contributed by atoms with van der Waals surface area (Å²) >= 11 is 0. The molecule has 1 aliphatic rings. The summed E-state index contributed by atoms with van der Waals surface area (Å²) < 4.78 is 34.2. The second-order valence-corrected chi connectivity index (χ2v) is 7.57. The molecule has 4 aromatic rings. The molecule has 4 heterocycles. The molecule has 0 radical (unpaired) electrons. The van der Waals surface area contributed by atoms with Gasteiger partial charge in [-0.15, -0.1) is 0 Å². The fourth-order valence-electron chi connectivity index (χ4n) is 3.86. The third-order valence-corrected chi connectivity index (χ3v) is 5.40. The molecule has 0 atom stereocenters. The summed E-state index contributed by atoms with van der Waals surface area (Å²) in [5.41, 5.74) is 1.94. The van der Waals surface area contributed by atoms with Crippen molar-refractivity contribution < 1.29 is 13.5 Å². The zero-order chi connectivity index (χ0) is 21.4. The number of hydrogen-bond donors (Lipinski definition) is 1. The number of nitrogens with zero attached hydrogens (tertiary/aromatic N) is 4. The molecule has 1 fully saturated rings. The molecule has 1 saturated heterocycles. The Morgan fingerprint density at radius 3 is 2.58 bits per heavy atom. The quantitative estimate of drug-likeness (QED) is 0.544. The van der Waals surface area contributed by atoms with Gasteiger partial charge in [0.1, 0.15) is 22.8 Å². The molecule has 158 valence electrons. The Kier molecular flexibility index (Phi) is 5.03. The molecule has 0 saturated carbocycles. The molecule has 3 aromatic heterocycles. The maximum Gasteiger partial charge on any atom is 0.262 e. The lowest BCUT2D eigenvalue weighted by Crippen LogP contribution is -2.21. The summed E-state index contributed by atoms with van der Waals surface area (Å²) in [4.78, 5) is 24.3. The lowest BCUT2D eigenvalue weighted by molar-refractivity contribution is 0.0673. The summed E-state index contributed by atoms with van der Waals surface area (Å²) in [5, 5.41) is 4.85. The predicted molar refractivity (Wildman–Crippen MR) is 110 cm³/mol. The highest BCUT2D eigenvalue weighted by atomic mass is 19.1. The summed E-state index contributed by atoms with van der Waals surface area (Å²) in [7, 11) is 0. The Labute approximate surface area is 175 Å². The van der Waals surface area contributed by atoms with Crippen LogP contribution in [0.4, 0.5) is 8.78 Å². The van der Waals surface area contributed by atoms with Crippen LogP contribution in [0.25, 0.3) is 22.3 Å². The number of aromatic nitrogens is 5. The summed E-state index contributed by atoms with van der Waals surface area (Å²) in [6.45, 7) is 1.32. The molecule has 0 aliphatic carbocycles. The first-order chi connectivity index (χ1) is 15.1. The third kappa shape index (κ3) is 3.96. The van der Waals surface area contributed by atoms with Gasteiger partial charge in [-0.05, 0) is 36.6 Å². The zero-order valence-corrected chi connectivity index (χ0v) is 16.5. The number of nitrogens with one attached hydrogen (secondary N) is 1. The van der Waals surface area contributed by atoms with Crippen LogP contribution in [0.3, 0.4) is 0 Å². The average molecular weight is 423 g/mol. The van der Waals surface area contributed by atoms with Gasteiger partial charge in [-0.2, -0.15) is 5.10 Å². The molecule has 7 nitrogen and oxygen atoms in total. The average Bonchev–Trinajstić information content (AvgIpc) is 3.19. The number of aromatic amines is 1. The van der Waals surface area contributed by atoms with Crippen molar-refractivity contribution in [3.05, 3.63) is 76.1 Å². The molecule has 1 aromatic carbocycles. The maximum absolute atomic E-state index is 13.5. The van der Waals surface area contributed by atoms with Crippen LogP contribution in [0.15, 0.2) is 47.5 Å². The van der Waals surface area contributed by atoms with Gasteiger partial charge in [-0.1, -0.05) is 6.07 Å². The summed E-state index contributed by atoms with van der Waals surface area (Å²) in [6, 6.07) is 6.92. The molecule has 0 amide bonds. The lowest BCUT2D eigenvalue weighted by atomic mass is 10.1. The van der Waals surface area contributed by atoms with Crippen molar-refractivity contribution in [2.45, 2.75) is 25.3 Å².